The van der Waals surface area contributed by atoms with Gasteiger partial charge in [0.05, 0.1) is 0 Å². The van der Waals surface area contributed by atoms with Gasteiger partial charge in [-0.3, -0.25) is 9.59 Å². The number of H-pyrrole nitrogens is 1. The van der Waals surface area contributed by atoms with Gasteiger partial charge in [0.1, 0.15) is 0 Å². The number of alkyl halides is 3. The highest BCUT2D eigenvalue weighted by atomic mass is 32.2. The second kappa shape index (κ2) is 7.74. The second-order valence-corrected chi connectivity index (χ2v) is 8.43. The van der Waals surface area contributed by atoms with Crippen molar-refractivity contribution in [3.05, 3.63) is 69.6 Å². The normalized spacial score (nSPS) is 20.0. The van der Waals surface area contributed by atoms with Crippen LogP contribution in [0.15, 0.2) is 52.2 Å². The number of thioether (sulfide) groups is 1. The van der Waals surface area contributed by atoms with E-state index < -0.39 is 5.51 Å². The molecule has 2 fully saturated rings. The lowest BCUT2D eigenvalue weighted by molar-refractivity contribution is -0.119. The molecule has 1 atom stereocenters. The summed E-state index contributed by atoms with van der Waals surface area (Å²) in [6, 6.07) is 9.48. The topological polar surface area (TPSA) is 62.0 Å². The molecule has 0 radical (unpaired) electrons. The number of carbonyl (C=O) groups is 1. The van der Waals surface area contributed by atoms with Crippen molar-refractivity contribution in [1.82, 2.24) is 10.3 Å². The van der Waals surface area contributed by atoms with Crippen molar-refractivity contribution in [3.8, 4) is 0 Å². The maximum Gasteiger partial charge on any atom is 0.446 e. The lowest BCUT2D eigenvalue weighted by Gasteiger charge is -2.13. The van der Waals surface area contributed by atoms with E-state index in [-0.39, 0.29) is 34.2 Å². The first kappa shape index (κ1) is 19.8. The van der Waals surface area contributed by atoms with Crippen LogP contribution in [0.5, 0.6) is 0 Å². The van der Waals surface area contributed by atoms with Crippen molar-refractivity contribution in [3.63, 3.8) is 0 Å². The van der Waals surface area contributed by atoms with Crippen LogP contribution in [0, 0.1) is 0 Å². The van der Waals surface area contributed by atoms with Gasteiger partial charge >= 0.3 is 5.51 Å². The molecule has 1 aliphatic carbocycles. The number of hydrogen-bond acceptors (Lipinski definition) is 3. The van der Waals surface area contributed by atoms with Crippen molar-refractivity contribution < 1.29 is 18.0 Å². The van der Waals surface area contributed by atoms with Crippen LogP contribution in [-0.2, 0) is 4.79 Å². The molecular weight excluding hydrogens is 401 g/mol. The minimum atomic E-state index is -4.35. The average molecular weight is 420 g/mol. The molecule has 2 aromatic rings. The van der Waals surface area contributed by atoms with Gasteiger partial charge in [-0.25, -0.2) is 0 Å². The zero-order chi connectivity index (χ0) is 20.6. The lowest BCUT2D eigenvalue weighted by Crippen LogP contribution is -2.23. The molecule has 8 heteroatoms. The third-order valence-corrected chi connectivity index (χ3v) is 5.78. The van der Waals surface area contributed by atoms with Crippen LogP contribution >= 0.6 is 11.8 Å². The molecule has 1 aromatic heterocycles. The van der Waals surface area contributed by atoms with Gasteiger partial charge < -0.3 is 10.3 Å². The Bertz CT molecular complexity index is 1010. The molecule has 0 spiro atoms. The number of nitrogens with one attached hydrogen (secondary N) is 2. The summed E-state index contributed by atoms with van der Waals surface area (Å²) in [6.07, 6.45) is 4.94. The highest BCUT2D eigenvalue weighted by molar-refractivity contribution is 8.00. The van der Waals surface area contributed by atoms with Gasteiger partial charge in [0.25, 0.3) is 5.56 Å². The fourth-order valence-corrected chi connectivity index (χ4v) is 4.04. The fourth-order valence-electron chi connectivity index (χ4n) is 3.50. The highest BCUT2D eigenvalue weighted by Crippen LogP contribution is 2.39. The Morgan fingerprint density at radius 2 is 1.76 bits per heavy atom. The smallest absolute Gasteiger partial charge is 0.350 e. The number of rotatable bonds is 5. The third-order valence-electron chi connectivity index (χ3n) is 5.04. The molecule has 2 N–H and O–H groups in total. The minimum Gasteiger partial charge on any atom is -0.350 e. The molecule has 4 nitrogen and oxygen atoms in total. The van der Waals surface area contributed by atoms with E-state index in [1.54, 1.807) is 12.1 Å². The molecule has 4 rings (SSSR count). The SMILES string of the molecule is O=C1CCC(/C=C(\c2ccc(SC(F)(F)F)cc2)c2ccc(C3CC3)c(=O)[nH]2)N1. The van der Waals surface area contributed by atoms with E-state index in [9.17, 15) is 22.8 Å². The molecule has 1 aliphatic heterocycles. The molecule has 0 bridgehead atoms. The van der Waals surface area contributed by atoms with Crippen LogP contribution in [0.2, 0.25) is 0 Å². The van der Waals surface area contributed by atoms with Crippen molar-refractivity contribution in [2.75, 3.05) is 0 Å². The van der Waals surface area contributed by atoms with Crippen LogP contribution in [0.25, 0.3) is 5.57 Å². The quantitative estimate of drug-likeness (QED) is 0.697. The molecule has 1 amide bonds. The molecule has 2 heterocycles. The van der Waals surface area contributed by atoms with E-state index in [1.807, 2.05) is 18.2 Å². The Morgan fingerprint density at radius 1 is 1.03 bits per heavy atom. The number of aromatic amines is 1. The lowest BCUT2D eigenvalue weighted by atomic mass is 9.98. The second-order valence-electron chi connectivity index (χ2n) is 7.30. The van der Waals surface area contributed by atoms with E-state index in [2.05, 4.69) is 10.3 Å². The van der Waals surface area contributed by atoms with Crippen molar-refractivity contribution in [1.29, 1.82) is 0 Å². The van der Waals surface area contributed by atoms with Gasteiger partial charge in [0.2, 0.25) is 5.91 Å². The maximum atomic E-state index is 12.6. The Hall–Kier alpha value is -2.48. The number of amides is 1. The van der Waals surface area contributed by atoms with Crippen molar-refractivity contribution >= 4 is 23.2 Å². The predicted molar refractivity (Wildman–Crippen MR) is 106 cm³/mol. The summed E-state index contributed by atoms with van der Waals surface area (Å²) in [7, 11) is 0. The van der Waals surface area contributed by atoms with Gasteiger partial charge in [0, 0.05) is 34.2 Å². The monoisotopic (exact) mass is 420 g/mol. The van der Waals surface area contributed by atoms with Gasteiger partial charge in [0.15, 0.2) is 0 Å². The molecule has 2 aliphatic rings. The number of pyridine rings is 1. The first-order chi connectivity index (χ1) is 13.8. The Labute approximate surface area is 169 Å². The van der Waals surface area contributed by atoms with Crippen LogP contribution in [-0.4, -0.2) is 22.4 Å². The van der Waals surface area contributed by atoms with Crippen LogP contribution in [0.3, 0.4) is 0 Å². The predicted octanol–water partition coefficient (Wildman–Crippen LogP) is 4.57. The molecular formula is C21H19F3N2O2S. The summed E-state index contributed by atoms with van der Waals surface area (Å²) >= 11 is -0.170. The van der Waals surface area contributed by atoms with E-state index in [4.69, 9.17) is 0 Å². The number of carbonyl (C=O) groups excluding carboxylic acids is 1. The molecule has 29 heavy (non-hydrogen) atoms. The summed E-state index contributed by atoms with van der Waals surface area (Å²) in [5.74, 6) is 0.271. The minimum absolute atomic E-state index is 0.0416. The van der Waals surface area contributed by atoms with Crippen LogP contribution in [0.1, 0.15) is 48.4 Å². The van der Waals surface area contributed by atoms with Gasteiger partial charge in [-0.15, -0.1) is 0 Å². The standard InChI is InChI=1S/C21H19F3N2O2S/c22-21(23,24)29-15-6-3-13(4-7-15)17(11-14-5-10-19(27)25-14)18-9-8-16(12-1-2-12)20(28)26-18/h3-4,6-9,11-12,14H,1-2,5,10H2,(H,25,27)(H,26,28)/b17-11+. The van der Waals surface area contributed by atoms with E-state index >= 15 is 0 Å². The number of benzene rings is 1. The first-order valence-electron chi connectivity index (χ1n) is 9.39. The largest absolute Gasteiger partial charge is 0.446 e. The average Bonchev–Trinajstić information content (AvgIpc) is 3.41. The third kappa shape index (κ3) is 4.93. The van der Waals surface area contributed by atoms with Gasteiger partial charge in [-0.2, -0.15) is 13.2 Å². The highest BCUT2D eigenvalue weighted by Gasteiger charge is 2.29. The summed E-state index contributed by atoms with van der Waals surface area (Å²) in [4.78, 5) is 27.0. The molecule has 1 saturated heterocycles. The number of hydrogen-bond donors (Lipinski definition) is 2. The summed E-state index contributed by atoms with van der Waals surface area (Å²) in [6.45, 7) is 0. The summed E-state index contributed by atoms with van der Waals surface area (Å²) < 4.78 is 37.8. The Balaban J connectivity index is 1.69. The summed E-state index contributed by atoms with van der Waals surface area (Å²) in [5, 5.41) is 2.86. The van der Waals surface area contributed by atoms with E-state index in [1.165, 1.54) is 12.1 Å². The zero-order valence-corrected chi connectivity index (χ0v) is 16.2. The zero-order valence-electron chi connectivity index (χ0n) is 15.4. The Kier molecular flexibility index (Phi) is 5.29. The summed E-state index contributed by atoms with van der Waals surface area (Å²) in [5.41, 5.74) is -1.79. The van der Waals surface area contributed by atoms with Gasteiger partial charge in [-0.05, 0) is 60.7 Å². The van der Waals surface area contributed by atoms with E-state index in [0.29, 0.717) is 35.6 Å². The van der Waals surface area contributed by atoms with Crippen molar-refractivity contribution in [2.24, 2.45) is 0 Å². The van der Waals surface area contributed by atoms with Crippen molar-refractivity contribution in [2.45, 2.75) is 48.0 Å². The molecule has 1 aromatic carbocycles. The van der Waals surface area contributed by atoms with Crippen LogP contribution in [0.4, 0.5) is 13.2 Å². The first-order valence-corrected chi connectivity index (χ1v) is 10.2. The maximum absolute atomic E-state index is 12.6. The molecule has 152 valence electrons. The number of halogens is 3. The fraction of sp³-hybridized carbons (Fsp3) is 0.333. The van der Waals surface area contributed by atoms with Crippen LogP contribution < -0.4 is 10.9 Å². The van der Waals surface area contributed by atoms with Gasteiger partial charge in [-0.1, -0.05) is 24.3 Å². The molecule has 1 unspecified atom stereocenters. The van der Waals surface area contributed by atoms with E-state index in [0.717, 1.165) is 18.4 Å². The molecule has 1 saturated carbocycles. The Morgan fingerprint density at radius 3 is 2.31 bits per heavy atom. The number of aromatic nitrogens is 1.